The summed E-state index contributed by atoms with van der Waals surface area (Å²) in [6.07, 6.45) is 10.5. The van der Waals surface area contributed by atoms with Crippen LogP contribution in [-0.4, -0.2) is 47.8 Å². The molecule has 2 amide bonds. The van der Waals surface area contributed by atoms with Gasteiger partial charge in [-0.15, -0.1) is 0 Å². The topological polar surface area (TPSA) is 53.8 Å². The van der Waals surface area contributed by atoms with Gasteiger partial charge in [0.05, 0.1) is 6.26 Å². The molecule has 2 heterocycles. The van der Waals surface area contributed by atoms with Gasteiger partial charge in [0.25, 0.3) is 0 Å². The molecule has 2 fully saturated rings. The molecule has 3 rings (SSSR count). The van der Waals surface area contributed by atoms with Crippen molar-refractivity contribution in [2.75, 3.05) is 26.2 Å². The fraction of sp³-hybridized carbons (Fsp3) is 0.556. The molecule has 0 unspecified atom stereocenters. The normalized spacial score (nSPS) is 20.2. The molecule has 1 saturated heterocycles. The third-order valence-corrected chi connectivity index (χ3v) is 4.79. The van der Waals surface area contributed by atoms with Gasteiger partial charge in [0.1, 0.15) is 5.76 Å². The molecule has 0 radical (unpaired) electrons. The van der Waals surface area contributed by atoms with Crippen LogP contribution in [0.1, 0.15) is 37.9 Å². The highest BCUT2D eigenvalue weighted by Gasteiger charge is 2.29. The summed E-state index contributed by atoms with van der Waals surface area (Å²) >= 11 is 0. The van der Waals surface area contributed by atoms with Crippen molar-refractivity contribution >= 4 is 17.9 Å². The first-order valence-corrected chi connectivity index (χ1v) is 8.53. The SMILES string of the molecule is O=C(/C=C/c1ccco1)N1CCN(C(=O)C2CCCCC2)CC1. The van der Waals surface area contributed by atoms with Crippen LogP contribution in [0.15, 0.2) is 28.9 Å². The van der Waals surface area contributed by atoms with Crippen LogP contribution in [0, 0.1) is 5.92 Å². The summed E-state index contributed by atoms with van der Waals surface area (Å²) < 4.78 is 5.18. The number of hydrogen-bond acceptors (Lipinski definition) is 3. The zero-order chi connectivity index (χ0) is 16.1. The average molecular weight is 316 g/mol. The highest BCUT2D eigenvalue weighted by molar-refractivity contribution is 5.91. The van der Waals surface area contributed by atoms with Crippen LogP contribution >= 0.6 is 0 Å². The Labute approximate surface area is 136 Å². The van der Waals surface area contributed by atoms with Crippen molar-refractivity contribution in [3.63, 3.8) is 0 Å². The lowest BCUT2D eigenvalue weighted by Crippen LogP contribution is -2.51. The van der Waals surface area contributed by atoms with E-state index in [2.05, 4.69) is 0 Å². The van der Waals surface area contributed by atoms with E-state index in [0.29, 0.717) is 37.8 Å². The van der Waals surface area contributed by atoms with E-state index in [1.54, 1.807) is 23.3 Å². The van der Waals surface area contributed by atoms with E-state index in [0.717, 1.165) is 12.8 Å². The van der Waals surface area contributed by atoms with Crippen molar-refractivity contribution in [1.82, 2.24) is 9.80 Å². The molecule has 0 bridgehead atoms. The van der Waals surface area contributed by atoms with Crippen LogP contribution in [0.2, 0.25) is 0 Å². The van der Waals surface area contributed by atoms with Crippen molar-refractivity contribution in [1.29, 1.82) is 0 Å². The predicted octanol–water partition coefficient (Wildman–Crippen LogP) is 2.54. The number of hydrogen-bond donors (Lipinski definition) is 0. The number of piperazine rings is 1. The van der Waals surface area contributed by atoms with E-state index in [4.69, 9.17) is 4.42 Å². The quantitative estimate of drug-likeness (QED) is 0.805. The van der Waals surface area contributed by atoms with Crippen molar-refractivity contribution in [2.45, 2.75) is 32.1 Å². The van der Waals surface area contributed by atoms with Gasteiger partial charge in [0.2, 0.25) is 11.8 Å². The highest BCUT2D eigenvalue weighted by Crippen LogP contribution is 2.25. The Bertz CT molecular complexity index is 551. The lowest BCUT2D eigenvalue weighted by Gasteiger charge is -2.36. The number of carbonyl (C=O) groups excluding carboxylic acids is 2. The number of nitrogens with zero attached hydrogens (tertiary/aromatic N) is 2. The minimum Gasteiger partial charge on any atom is -0.465 e. The Kier molecular flexibility index (Phi) is 5.16. The summed E-state index contributed by atoms with van der Waals surface area (Å²) in [5.41, 5.74) is 0. The van der Waals surface area contributed by atoms with Gasteiger partial charge in [-0.25, -0.2) is 0 Å². The largest absolute Gasteiger partial charge is 0.465 e. The van der Waals surface area contributed by atoms with Crippen LogP contribution < -0.4 is 0 Å². The van der Waals surface area contributed by atoms with Crippen molar-refractivity contribution in [2.24, 2.45) is 5.92 Å². The molecule has 0 spiro atoms. The van der Waals surface area contributed by atoms with E-state index in [-0.39, 0.29) is 11.8 Å². The second kappa shape index (κ2) is 7.49. The van der Waals surface area contributed by atoms with Gasteiger partial charge in [-0.1, -0.05) is 19.3 Å². The summed E-state index contributed by atoms with van der Waals surface area (Å²) in [7, 11) is 0. The van der Waals surface area contributed by atoms with Gasteiger partial charge < -0.3 is 14.2 Å². The molecule has 1 aliphatic carbocycles. The lowest BCUT2D eigenvalue weighted by atomic mass is 9.88. The molecule has 2 aliphatic rings. The third-order valence-electron chi connectivity index (χ3n) is 4.79. The van der Waals surface area contributed by atoms with Crippen molar-refractivity contribution in [3.05, 3.63) is 30.2 Å². The summed E-state index contributed by atoms with van der Waals surface area (Å²) in [5, 5.41) is 0. The van der Waals surface area contributed by atoms with Gasteiger partial charge >= 0.3 is 0 Å². The molecule has 0 N–H and O–H groups in total. The fourth-order valence-electron chi connectivity index (χ4n) is 3.40. The van der Waals surface area contributed by atoms with Gasteiger partial charge in [0, 0.05) is 38.2 Å². The molecular weight excluding hydrogens is 292 g/mol. The van der Waals surface area contributed by atoms with Gasteiger partial charge in [-0.2, -0.15) is 0 Å². The van der Waals surface area contributed by atoms with Crippen molar-refractivity contribution in [3.8, 4) is 0 Å². The Morgan fingerprint density at radius 2 is 1.74 bits per heavy atom. The molecule has 1 aromatic heterocycles. The smallest absolute Gasteiger partial charge is 0.246 e. The molecule has 23 heavy (non-hydrogen) atoms. The Morgan fingerprint density at radius 3 is 2.39 bits per heavy atom. The van der Waals surface area contributed by atoms with Crippen LogP contribution in [0.4, 0.5) is 0 Å². The summed E-state index contributed by atoms with van der Waals surface area (Å²) in [4.78, 5) is 28.4. The number of rotatable bonds is 3. The van der Waals surface area contributed by atoms with Crippen LogP contribution in [-0.2, 0) is 9.59 Å². The molecule has 0 aromatic carbocycles. The second-order valence-electron chi connectivity index (χ2n) is 6.33. The summed E-state index contributed by atoms with van der Waals surface area (Å²) in [6.45, 7) is 2.52. The lowest BCUT2D eigenvalue weighted by molar-refractivity contribution is -0.141. The molecular formula is C18H24N2O3. The Balaban J connectivity index is 1.47. The van der Waals surface area contributed by atoms with E-state index >= 15 is 0 Å². The Hall–Kier alpha value is -2.04. The molecule has 124 valence electrons. The summed E-state index contributed by atoms with van der Waals surface area (Å²) in [6, 6.07) is 3.60. The van der Waals surface area contributed by atoms with E-state index in [1.807, 2.05) is 11.0 Å². The molecule has 5 nitrogen and oxygen atoms in total. The number of furan rings is 1. The monoisotopic (exact) mass is 316 g/mol. The predicted molar refractivity (Wildman–Crippen MR) is 87.5 cm³/mol. The summed E-state index contributed by atoms with van der Waals surface area (Å²) in [5.74, 6) is 1.16. The molecule has 1 aromatic rings. The van der Waals surface area contributed by atoms with Crippen LogP contribution in [0.3, 0.4) is 0 Å². The molecule has 1 saturated carbocycles. The Morgan fingerprint density at radius 1 is 1.04 bits per heavy atom. The molecule has 1 aliphatic heterocycles. The van der Waals surface area contributed by atoms with Gasteiger partial charge in [-0.05, 0) is 31.1 Å². The highest BCUT2D eigenvalue weighted by atomic mass is 16.3. The van der Waals surface area contributed by atoms with Gasteiger partial charge in [0.15, 0.2) is 0 Å². The average Bonchev–Trinajstić information content (AvgIpc) is 3.13. The van der Waals surface area contributed by atoms with E-state index < -0.39 is 0 Å². The minimum atomic E-state index is -0.0221. The first kappa shape index (κ1) is 15.8. The maximum atomic E-state index is 12.5. The maximum Gasteiger partial charge on any atom is 0.246 e. The standard InChI is InChI=1S/C18H24N2O3/c21-17(9-8-16-7-4-14-23-16)19-10-12-20(13-11-19)18(22)15-5-2-1-3-6-15/h4,7-9,14-15H,1-3,5-6,10-13H2/b9-8+. The first-order valence-electron chi connectivity index (χ1n) is 8.53. The zero-order valence-electron chi connectivity index (χ0n) is 13.4. The first-order chi connectivity index (χ1) is 11.2. The van der Waals surface area contributed by atoms with E-state index in [9.17, 15) is 9.59 Å². The van der Waals surface area contributed by atoms with Crippen LogP contribution in [0.5, 0.6) is 0 Å². The maximum absolute atomic E-state index is 12.5. The number of amides is 2. The fourth-order valence-corrected chi connectivity index (χ4v) is 3.40. The van der Waals surface area contributed by atoms with Crippen LogP contribution in [0.25, 0.3) is 6.08 Å². The van der Waals surface area contributed by atoms with E-state index in [1.165, 1.54) is 25.3 Å². The minimum absolute atomic E-state index is 0.0221. The van der Waals surface area contributed by atoms with Gasteiger partial charge in [-0.3, -0.25) is 9.59 Å². The zero-order valence-corrected chi connectivity index (χ0v) is 13.4. The molecule has 5 heteroatoms. The molecule has 0 atom stereocenters. The third kappa shape index (κ3) is 4.03. The number of carbonyl (C=O) groups is 2. The second-order valence-corrected chi connectivity index (χ2v) is 6.33. The van der Waals surface area contributed by atoms with Crippen molar-refractivity contribution < 1.29 is 14.0 Å².